The molecular weight excluding hydrogens is 216 g/mol. The molecule has 1 heterocycles. The van der Waals surface area contributed by atoms with Crippen molar-refractivity contribution >= 4 is 5.91 Å². The van der Waals surface area contributed by atoms with Crippen molar-refractivity contribution in [3.05, 3.63) is 17.0 Å². The lowest BCUT2D eigenvalue weighted by molar-refractivity contribution is -0.130. The lowest BCUT2D eigenvalue weighted by Gasteiger charge is -2.17. The molecule has 0 unspecified atom stereocenters. The number of amides is 1. The van der Waals surface area contributed by atoms with Crippen molar-refractivity contribution in [2.24, 2.45) is 5.73 Å². The van der Waals surface area contributed by atoms with E-state index in [9.17, 15) is 4.79 Å². The Labute approximate surface area is 103 Å². The summed E-state index contributed by atoms with van der Waals surface area (Å²) in [5, 5.41) is 4.36. The number of hydrogen-bond donors (Lipinski definition) is 1. The van der Waals surface area contributed by atoms with Gasteiger partial charge in [0.15, 0.2) is 0 Å². The summed E-state index contributed by atoms with van der Waals surface area (Å²) in [5.41, 5.74) is 8.62. The van der Waals surface area contributed by atoms with Gasteiger partial charge in [-0.05, 0) is 39.3 Å². The maximum absolute atomic E-state index is 11.9. The number of aryl methyl sites for hydroxylation is 1. The van der Waals surface area contributed by atoms with Crippen molar-refractivity contribution < 1.29 is 4.79 Å². The SMILES string of the molecule is Cc1nn(CC(=O)N(C)CCCN)c(C)c1C. The molecule has 17 heavy (non-hydrogen) atoms. The van der Waals surface area contributed by atoms with Gasteiger partial charge in [-0.15, -0.1) is 0 Å². The summed E-state index contributed by atoms with van der Waals surface area (Å²) in [6.45, 7) is 7.59. The highest BCUT2D eigenvalue weighted by molar-refractivity contribution is 5.75. The fourth-order valence-electron chi connectivity index (χ4n) is 1.64. The number of carbonyl (C=O) groups is 1. The number of rotatable bonds is 5. The Hall–Kier alpha value is -1.36. The fraction of sp³-hybridized carbons (Fsp3) is 0.667. The van der Waals surface area contributed by atoms with Crippen LogP contribution in [0.2, 0.25) is 0 Å². The summed E-state index contributed by atoms with van der Waals surface area (Å²) in [6.07, 6.45) is 0.832. The van der Waals surface area contributed by atoms with Crippen molar-refractivity contribution in [2.45, 2.75) is 33.7 Å². The van der Waals surface area contributed by atoms with Gasteiger partial charge in [0.25, 0.3) is 0 Å². The molecule has 0 radical (unpaired) electrons. The molecule has 5 nitrogen and oxygen atoms in total. The summed E-state index contributed by atoms with van der Waals surface area (Å²) in [5.74, 6) is 0.0732. The molecule has 1 rings (SSSR count). The van der Waals surface area contributed by atoms with Gasteiger partial charge >= 0.3 is 0 Å². The van der Waals surface area contributed by atoms with E-state index in [4.69, 9.17) is 5.73 Å². The number of carbonyl (C=O) groups excluding carboxylic acids is 1. The van der Waals surface area contributed by atoms with Gasteiger partial charge in [-0.2, -0.15) is 5.10 Å². The highest BCUT2D eigenvalue weighted by Gasteiger charge is 2.13. The minimum Gasteiger partial charge on any atom is -0.344 e. The highest BCUT2D eigenvalue weighted by atomic mass is 16.2. The van der Waals surface area contributed by atoms with Crippen LogP contribution in [-0.4, -0.2) is 40.7 Å². The minimum atomic E-state index is 0.0732. The lowest BCUT2D eigenvalue weighted by Crippen LogP contribution is -2.32. The molecule has 0 saturated carbocycles. The van der Waals surface area contributed by atoms with Crippen molar-refractivity contribution in [3.63, 3.8) is 0 Å². The smallest absolute Gasteiger partial charge is 0.244 e. The normalized spacial score (nSPS) is 10.6. The van der Waals surface area contributed by atoms with Gasteiger partial charge in [0.1, 0.15) is 6.54 Å². The van der Waals surface area contributed by atoms with Crippen LogP contribution in [0.25, 0.3) is 0 Å². The standard InChI is InChI=1S/C12H22N4O/c1-9-10(2)14-16(11(9)3)8-12(17)15(4)7-5-6-13/h5-8,13H2,1-4H3. The van der Waals surface area contributed by atoms with E-state index in [-0.39, 0.29) is 5.91 Å². The summed E-state index contributed by atoms with van der Waals surface area (Å²) >= 11 is 0. The van der Waals surface area contributed by atoms with E-state index in [0.29, 0.717) is 19.6 Å². The van der Waals surface area contributed by atoms with Gasteiger partial charge in [-0.1, -0.05) is 0 Å². The van der Waals surface area contributed by atoms with Gasteiger partial charge in [0.2, 0.25) is 5.91 Å². The predicted octanol–water partition coefficient (Wildman–Crippen LogP) is 0.616. The maximum atomic E-state index is 11.9. The summed E-state index contributed by atoms with van der Waals surface area (Å²) in [4.78, 5) is 13.6. The Balaban J connectivity index is 2.64. The van der Waals surface area contributed by atoms with E-state index in [1.807, 2.05) is 20.8 Å². The number of likely N-dealkylation sites (N-methyl/N-ethyl adjacent to an activating group) is 1. The molecule has 0 fully saturated rings. The second-order valence-corrected chi connectivity index (χ2v) is 4.41. The molecule has 0 bridgehead atoms. The first-order valence-electron chi connectivity index (χ1n) is 5.92. The fourth-order valence-corrected chi connectivity index (χ4v) is 1.64. The monoisotopic (exact) mass is 238 g/mol. The molecule has 0 aromatic carbocycles. The topological polar surface area (TPSA) is 64.2 Å². The first-order valence-corrected chi connectivity index (χ1v) is 5.92. The predicted molar refractivity (Wildman–Crippen MR) is 67.7 cm³/mol. The molecule has 0 aliphatic rings. The largest absolute Gasteiger partial charge is 0.344 e. The van der Waals surface area contributed by atoms with Crippen LogP contribution in [0.1, 0.15) is 23.4 Å². The average Bonchev–Trinajstić information content (AvgIpc) is 2.54. The summed E-state index contributed by atoms with van der Waals surface area (Å²) in [6, 6.07) is 0. The van der Waals surface area contributed by atoms with Crippen LogP contribution in [-0.2, 0) is 11.3 Å². The molecule has 1 amide bonds. The molecule has 0 aliphatic heterocycles. The van der Waals surface area contributed by atoms with Crippen molar-refractivity contribution in [3.8, 4) is 0 Å². The zero-order valence-corrected chi connectivity index (χ0v) is 11.2. The second-order valence-electron chi connectivity index (χ2n) is 4.41. The van der Waals surface area contributed by atoms with E-state index >= 15 is 0 Å². The van der Waals surface area contributed by atoms with E-state index in [1.54, 1.807) is 16.6 Å². The Kier molecular flexibility index (Phi) is 4.69. The van der Waals surface area contributed by atoms with Crippen LogP contribution in [0, 0.1) is 20.8 Å². The summed E-state index contributed by atoms with van der Waals surface area (Å²) < 4.78 is 1.77. The molecular formula is C12H22N4O. The molecule has 0 atom stereocenters. The molecule has 0 saturated heterocycles. The van der Waals surface area contributed by atoms with Gasteiger partial charge in [0.05, 0.1) is 5.69 Å². The van der Waals surface area contributed by atoms with E-state index in [0.717, 1.165) is 23.4 Å². The molecule has 0 aliphatic carbocycles. The van der Waals surface area contributed by atoms with Crippen LogP contribution in [0.5, 0.6) is 0 Å². The van der Waals surface area contributed by atoms with Crippen molar-refractivity contribution in [1.82, 2.24) is 14.7 Å². The zero-order valence-electron chi connectivity index (χ0n) is 11.2. The third-order valence-electron chi connectivity index (χ3n) is 3.15. The molecule has 0 spiro atoms. The van der Waals surface area contributed by atoms with Crippen LogP contribution in [0.4, 0.5) is 0 Å². The third-order valence-corrected chi connectivity index (χ3v) is 3.15. The number of hydrogen-bond acceptors (Lipinski definition) is 3. The van der Waals surface area contributed by atoms with Crippen LogP contribution in [0.3, 0.4) is 0 Å². The van der Waals surface area contributed by atoms with Crippen molar-refractivity contribution in [1.29, 1.82) is 0 Å². The molecule has 1 aromatic heterocycles. The Morgan fingerprint density at radius 3 is 2.53 bits per heavy atom. The first-order chi connectivity index (χ1) is 7.97. The van der Waals surface area contributed by atoms with Crippen molar-refractivity contribution in [2.75, 3.05) is 20.1 Å². The molecule has 96 valence electrons. The number of nitrogens with two attached hydrogens (primary N) is 1. The highest BCUT2D eigenvalue weighted by Crippen LogP contribution is 2.10. The Morgan fingerprint density at radius 2 is 2.06 bits per heavy atom. The maximum Gasteiger partial charge on any atom is 0.244 e. The van der Waals surface area contributed by atoms with Gasteiger partial charge < -0.3 is 10.6 Å². The minimum absolute atomic E-state index is 0.0732. The van der Waals surface area contributed by atoms with Gasteiger partial charge in [-0.3, -0.25) is 9.48 Å². The Morgan fingerprint density at radius 1 is 1.41 bits per heavy atom. The van der Waals surface area contributed by atoms with Gasteiger partial charge in [-0.25, -0.2) is 0 Å². The van der Waals surface area contributed by atoms with Crippen LogP contribution in [0.15, 0.2) is 0 Å². The second kappa shape index (κ2) is 5.82. The zero-order chi connectivity index (χ0) is 13.0. The van der Waals surface area contributed by atoms with Gasteiger partial charge in [0, 0.05) is 19.3 Å². The Bertz CT molecular complexity index is 397. The molecule has 5 heteroatoms. The van der Waals surface area contributed by atoms with Crippen LogP contribution < -0.4 is 5.73 Å². The quantitative estimate of drug-likeness (QED) is 0.817. The average molecular weight is 238 g/mol. The molecule has 1 aromatic rings. The first kappa shape index (κ1) is 13.7. The van der Waals surface area contributed by atoms with E-state index in [1.165, 1.54) is 0 Å². The molecule has 2 N–H and O–H groups in total. The van der Waals surface area contributed by atoms with E-state index in [2.05, 4.69) is 5.10 Å². The summed E-state index contributed by atoms with van der Waals surface area (Å²) in [7, 11) is 1.80. The van der Waals surface area contributed by atoms with E-state index < -0.39 is 0 Å². The number of aromatic nitrogens is 2. The number of nitrogens with zero attached hydrogens (tertiary/aromatic N) is 3. The van der Waals surface area contributed by atoms with Crippen LogP contribution >= 0.6 is 0 Å². The third kappa shape index (κ3) is 3.30. The lowest BCUT2D eigenvalue weighted by atomic mass is 10.2.